The van der Waals surface area contributed by atoms with E-state index in [2.05, 4.69) is 10.1 Å². The Balaban J connectivity index is 2.27. The number of ether oxygens (including phenoxy) is 1. The highest BCUT2D eigenvalue weighted by Gasteiger charge is 2.06. The maximum Gasteiger partial charge on any atom is 0.305 e. The molecule has 0 fully saturated rings. The first-order chi connectivity index (χ1) is 8.63. The fraction of sp³-hybridized carbons (Fsp3) is 0.462. The molecule has 0 atom stereocenters. The molecule has 0 saturated heterocycles. The van der Waals surface area contributed by atoms with Crippen molar-refractivity contribution in [2.24, 2.45) is 0 Å². The molecular weight excluding hydrogens is 240 g/mol. The molecule has 0 aliphatic rings. The predicted octanol–water partition coefficient (Wildman–Crippen LogP) is 2.67. The number of methoxy groups -OCH3 is 1. The number of hydrogen-bond acceptors (Lipinski definition) is 3. The SMILES string of the molecule is COC(=O)CCCNCc1cccc(C(F)F)c1. The second kappa shape index (κ2) is 7.76. The Bertz CT molecular complexity index is 383. The van der Waals surface area contributed by atoms with E-state index in [4.69, 9.17) is 0 Å². The van der Waals surface area contributed by atoms with Crippen LogP contribution in [0.4, 0.5) is 8.78 Å². The van der Waals surface area contributed by atoms with Crippen LogP contribution in [-0.4, -0.2) is 19.6 Å². The van der Waals surface area contributed by atoms with E-state index < -0.39 is 6.43 Å². The van der Waals surface area contributed by atoms with Crippen LogP contribution in [-0.2, 0) is 16.1 Å². The topological polar surface area (TPSA) is 38.3 Å². The third kappa shape index (κ3) is 5.23. The molecular formula is C13H17F2NO2. The largest absolute Gasteiger partial charge is 0.469 e. The highest BCUT2D eigenvalue weighted by atomic mass is 19.3. The minimum absolute atomic E-state index is 0.0314. The van der Waals surface area contributed by atoms with E-state index in [1.807, 2.05) is 0 Å². The molecule has 0 radical (unpaired) electrons. The van der Waals surface area contributed by atoms with Crippen molar-refractivity contribution < 1.29 is 18.3 Å². The molecule has 3 nitrogen and oxygen atoms in total. The van der Waals surface area contributed by atoms with Gasteiger partial charge in [0, 0.05) is 18.5 Å². The maximum atomic E-state index is 12.4. The fourth-order valence-electron chi connectivity index (χ4n) is 1.53. The molecule has 0 spiro atoms. The highest BCUT2D eigenvalue weighted by Crippen LogP contribution is 2.19. The van der Waals surface area contributed by atoms with E-state index in [0.29, 0.717) is 25.9 Å². The minimum atomic E-state index is -2.44. The number of rotatable bonds is 7. The molecule has 1 N–H and O–H groups in total. The van der Waals surface area contributed by atoms with Gasteiger partial charge in [-0.1, -0.05) is 18.2 Å². The van der Waals surface area contributed by atoms with Gasteiger partial charge in [-0.25, -0.2) is 8.78 Å². The minimum Gasteiger partial charge on any atom is -0.469 e. The first kappa shape index (κ1) is 14.6. The highest BCUT2D eigenvalue weighted by molar-refractivity contribution is 5.69. The average Bonchev–Trinajstić information content (AvgIpc) is 2.38. The Kier molecular flexibility index (Phi) is 6.28. The summed E-state index contributed by atoms with van der Waals surface area (Å²) in [5.74, 6) is -0.239. The van der Waals surface area contributed by atoms with Gasteiger partial charge in [-0.05, 0) is 24.6 Å². The standard InChI is InChI=1S/C13H17F2NO2/c1-18-12(17)6-3-7-16-9-10-4-2-5-11(8-10)13(14)15/h2,4-5,8,13,16H,3,6-7,9H2,1H3. The van der Waals surface area contributed by atoms with Gasteiger partial charge < -0.3 is 10.1 Å². The lowest BCUT2D eigenvalue weighted by molar-refractivity contribution is -0.140. The summed E-state index contributed by atoms with van der Waals surface area (Å²) in [6, 6.07) is 6.30. The van der Waals surface area contributed by atoms with Crippen molar-refractivity contribution >= 4 is 5.97 Å². The summed E-state index contributed by atoms with van der Waals surface area (Å²) in [6.07, 6.45) is -1.41. The Morgan fingerprint density at radius 1 is 1.44 bits per heavy atom. The first-order valence-corrected chi connectivity index (χ1v) is 5.78. The van der Waals surface area contributed by atoms with Crippen LogP contribution in [0.15, 0.2) is 24.3 Å². The molecule has 0 aliphatic heterocycles. The molecule has 0 saturated carbocycles. The first-order valence-electron chi connectivity index (χ1n) is 5.78. The Labute approximate surface area is 105 Å². The number of carbonyl (C=O) groups is 1. The van der Waals surface area contributed by atoms with Gasteiger partial charge in [0.1, 0.15) is 0 Å². The molecule has 1 aromatic rings. The van der Waals surface area contributed by atoms with E-state index in [1.54, 1.807) is 12.1 Å². The molecule has 1 rings (SSSR count). The van der Waals surface area contributed by atoms with Crippen LogP contribution >= 0.6 is 0 Å². The summed E-state index contributed by atoms with van der Waals surface area (Å²) < 4.78 is 29.4. The van der Waals surface area contributed by atoms with Gasteiger partial charge in [0.25, 0.3) is 6.43 Å². The van der Waals surface area contributed by atoms with Crippen molar-refractivity contribution in [3.05, 3.63) is 35.4 Å². The Hall–Kier alpha value is -1.49. The molecule has 1 aromatic carbocycles. The summed E-state index contributed by atoms with van der Waals surface area (Å²) in [7, 11) is 1.35. The van der Waals surface area contributed by atoms with Gasteiger partial charge in [0.05, 0.1) is 7.11 Å². The fourth-order valence-corrected chi connectivity index (χ4v) is 1.53. The van der Waals surface area contributed by atoms with Crippen molar-refractivity contribution in [2.45, 2.75) is 25.8 Å². The zero-order valence-corrected chi connectivity index (χ0v) is 10.3. The Morgan fingerprint density at radius 3 is 2.89 bits per heavy atom. The summed E-state index contributed by atoms with van der Waals surface area (Å²) in [5.41, 5.74) is 0.842. The molecule has 0 unspecified atom stereocenters. The van der Waals surface area contributed by atoms with Gasteiger partial charge in [-0.15, -0.1) is 0 Å². The molecule has 0 heterocycles. The van der Waals surface area contributed by atoms with E-state index in [1.165, 1.54) is 19.2 Å². The van der Waals surface area contributed by atoms with Gasteiger partial charge in [0.15, 0.2) is 0 Å². The quantitative estimate of drug-likeness (QED) is 0.603. The predicted molar refractivity (Wildman–Crippen MR) is 64.4 cm³/mol. The molecule has 0 aliphatic carbocycles. The van der Waals surface area contributed by atoms with Crippen molar-refractivity contribution in [3.63, 3.8) is 0 Å². The van der Waals surface area contributed by atoms with Crippen LogP contribution in [0, 0.1) is 0 Å². The Morgan fingerprint density at radius 2 is 2.22 bits per heavy atom. The zero-order valence-electron chi connectivity index (χ0n) is 10.3. The van der Waals surface area contributed by atoms with Crippen molar-refractivity contribution in [2.75, 3.05) is 13.7 Å². The summed E-state index contributed by atoms with van der Waals surface area (Å²) >= 11 is 0. The van der Waals surface area contributed by atoms with Crippen LogP contribution in [0.25, 0.3) is 0 Å². The molecule has 0 amide bonds. The lowest BCUT2D eigenvalue weighted by atomic mass is 10.1. The van der Waals surface area contributed by atoms with Crippen molar-refractivity contribution in [1.82, 2.24) is 5.32 Å². The third-order valence-corrected chi connectivity index (χ3v) is 2.49. The van der Waals surface area contributed by atoms with Gasteiger partial charge in [-0.3, -0.25) is 4.79 Å². The monoisotopic (exact) mass is 257 g/mol. The molecule has 5 heteroatoms. The summed E-state index contributed by atoms with van der Waals surface area (Å²) in [6.45, 7) is 1.16. The number of alkyl halides is 2. The maximum absolute atomic E-state index is 12.4. The number of carbonyl (C=O) groups excluding carboxylic acids is 1. The molecule has 100 valence electrons. The zero-order chi connectivity index (χ0) is 13.4. The van der Waals surface area contributed by atoms with Crippen LogP contribution < -0.4 is 5.32 Å². The number of nitrogens with one attached hydrogen (secondary N) is 1. The van der Waals surface area contributed by atoms with Gasteiger partial charge in [0.2, 0.25) is 0 Å². The molecule has 0 bridgehead atoms. The van der Waals surface area contributed by atoms with Crippen LogP contribution in [0.2, 0.25) is 0 Å². The molecule has 18 heavy (non-hydrogen) atoms. The normalized spacial score (nSPS) is 10.7. The van der Waals surface area contributed by atoms with Crippen LogP contribution in [0.1, 0.15) is 30.4 Å². The summed E-state index contributed by atoms with van der Waals surface area (Å²) in [4.78, 5) is 10.8. The number of halogens is 2. The molecule has 0 aromatic heterocycles. The number of benzene rings is 1. The second-order valence-corrected chi connectivity index (χ2v) is 3.90. The van der Waals surface area contributed by atoms with Crippen LogP contribution in [0.3, 0.4) is 0 Å². The average molecular weight is 257 g/mol. The number of esters is 1. The summed E-state index contributed by atoms with van der Waals surface area (Å²) in [5, 5.41) is 3.09. The number of hydrogen-bond donors (Lipinski definition) is 1. The smallest absolute Gasteiger partial charge is 0.305 e. The van der Waals surface area contributed by atoms with Crippen molar-refractivity contribution in [3.8, 4) is 0 Å². The third-order valence-electron chi connectivity index (χ3n) is 2.49. The lowest BCUT2D eigenvalue weighted by Crippen LogP contribution is -2.16. The van der Waals surface area contributed by atoms with E-state index in [-0.39, 0.29) is 11.5 Å². The van der Waals surface area contributed by atoms with E-state index in [0.717, 1.165) is 5.56 Å². The lowest BCUT2D eigenvalue weighted by Gasteiger charge is -2.06. The van der Waals surface area contributed by atoms with Crippen molar-refractivity contribution in [1.29, 1.82) is 0 Å². The van der Waals surface area contributed by atoms with Crippen LogP contribution in [0.5, 0.6) is 0 Å². The van der Waals surface area contributed by atoms with E-state index >= 15 is 0 Å². The van der Waals surface area contributed by atoms with Gasteiger partial charge in [-0.2, -0.15) is 0 Å². The van der Waals surface area contributed by atoms with Gasteiger partial charge >= 0.3 is 5.97 Å². The van der Waals surface area contributed by atoms with E-state index in [9.17, 15) is 13.6 Å². The second-order valence-electron chi connectivity index (χ2n) is 3.90.